The van der Waals surface area contributed by atoms with Gasteiger partial charge >= 0.3 is 0 Å². The number of aromatic nitrogens is 2. The van der Waals surface area contributed by atoms with E-state index >= 15 is 0 Å². The molecule has 1 amide bonds. The summed E-state index contributed by atoms with van der Waals surface area (Å²) in [4.78, 5) is 33.3. The molecular weight excluding hydrogens is 516 g/mol. The lowest BCUT2D eigenvalue weighted by Crippen LogP contribution is -2.54. The third-order valence-electron chi connectivity index (χ3n) is 6.65. The largest absolute Gasteiger partial charge is 0.506 e. The van der Waals surface area contributed by atoms with Crippen molar-refractivity contribution in [1.29, 1.82) is 0 Å². The zero-order valence-electron chi connectivity index (χ0n) is 21.5. The van der Waals surface area contributed by atoms with Crippen LogP contribution in [0.2, 0.25) is 0 Å². The molecule has 4 aromatic rings. The number of amides is 1. The second-order valence-corrected chi connectivity index (χ2v) is 10.1. The first-order valence-electron chi connectivity index (χ1n) is 12.5. The maximum absolute atomic E-state index is 13.2. The minimum Gasteiger partial charge on any atom is -0.506 e. The molecule has 0 radical (unpaired) electrons. The molecule has 39 heavy (non-hydrogen) atoms. The number of aliphatic hydroxyl groups excluding tert-OH is 1. The van der Waals surface area contributed by atoms with Gasteiger partial charge in [-0.25, -0.2) is 4.98 Å². The fourth-order valence-corrected chi connectivity index (χ4v) is 5.28. The summed E-state index contributed by atoms with van der Waals surface area (Å²) in [5, 5.41) is 22.0. The van der Waals surface area contributed by atoms with Gasteiger partial charge < -0.3 is 24.7 Å². The number of piperazine rings is 1. The molecule has 0 aliphatic carbocycles. The molecular formula is C29H28N4O5S. The van der Waals surface area contributed by atoms with Gasteiger partial charge in [-0.15, -0.1) is 0 Å². The van der Waals surface area contributed by atoms with Crippen LogP contribution in [0.5, 0.6) is 17.2 Å². The summed E-state index contributed by atoms with van der Waals surface area (Å²) in [6.07, 6.45) is -0.988. The van der Waals surface area contributed by atoms with Crippen molar-refractivity contribution < 1.29 is 24.5 Å². The van der Waals surface area contributed by atoms with E-state index in [-0.39, 0.29) is 34.6 Å². The molecule has 2 unspecified atom stereocenters. The Kier molecular flexibility index (Phi) is 7.58. The number of aromatic hydroxyl groups is 1. The molecule has 5 rings (SSSR count). The molecule has 1 aliphatic rings. The van der Waals surface area contributed by atoms with Gasteiger partial charge in [-0.05, 0) is 55.8 Å². The molecule has 9 nitrogen and oxygen atoms in total. The number of phenols is 1. The Morgan fingerprint density at radius 3 is 2.36 bits per heavy atom. The molecule has 2 atom stereocenters. The number of rotatable bonds is 7. The standard InChI is InChI=1S/C29H28N4O5S/c1-18-17-32(15-16-33(18)28(37)24-10-6-9-23(19(2)34)26(24)36)29-30-27(31-39-29)25(35)20-11-13-22(14-12-20)38-21-7-4-3-5-8-21/h3-14,18,25,35-36H,15-17H2,1-2H3. The molecule has 1 fully saturated rings. The van der Waals surface area contributed by atoms with E-state index in [2.05, 4.69) is 9.36 Å². The number of carbonyl (C=O) groups excluding carboxylic acids is 2. The normalized spacial score (nSPS) is 16.1. The Balaban J connectivity index is 1.23. The number of ether oxygens (including phenoxy) is 1. The summed E-state index contributed by atoms with van der Waals surface area (Å²) < 4.78 is 10.2. The summed E-state index contributed by atoms with van der Waals surface area (Å²) in [6.45, 7) is 4.71. The Bertz CT molecular complexity index is 1470. The number of carbonyl (C=O) groups is 2. The van der Waals surface area contributed by atoms with Crippen LogP contribution >= 0.6 is 11.5 Å². The second kappa shape index (κ2) is 11.2. The van der Waals surface area contributed by atoms with Crippen molar-refractivity contribution in [3.63, 3.8) is 0 Å². The van der Waals surface area contributed by atoms with Gasteiger partial charge in [0.15, 0.2) is 11.6 Å². The molecule has 2 heterocycles. The average Bonchev–Trinajstić information content (AvgIpc) is 3.44. The lowest BCUT2D eigenvalue weighted by atomic mass is 10.0. The maximum atomic E-state index is 13.2. The van der Waals surface area contributed by atoms with Crippen LogP contribution < -0.4 is 9.64 Å². The predicted octanol–water partition coefficient (Wildman–Crippen LogP) is 4.67. The van der Waals surface area contributed by atoms with Gasteiger partial charge in [-0.3, -0.25) is 9.59 Å². The number of aliphatic hydroxyl groups is 1. The third-order valence-corrected chi connectivity index (χ3v) is 7.45. The molecule has 1 aromatic heterocycles. The van der Waals surface area contributed by atoms with E-state index in [0.29, 0.717) is 41.9 Å². The smallest absolute Gasteiger partial charge is 0.257 e. The summed E-state index contributed by atoms with van der Waals surface area (Å²) in [6, 6.07) is 21.1. The number of hydrogen-bond donors (Lipinski definition) is 2. The van der Waals surface area contributed by atoms with Crippen LogP contribution in [0, 0.1) is 0 Å². The lowest BCUT2D eigenvalue weighted by Gasteiger charge is -2.39. The van der Waals surface area contributed by atoms with E-state index in [4.69, 9.17) is 4.74 Å². The van der Waals surface area contributed by atoms with Crippen LogP contribution in [-0.2, 0) is 0 Å². The SMILES string of the molecule is CC(=O)c1cccc(C(=O)N2CCN(c3nc(C(O)c4ccc(Oc5ccccc5)cc4)ns3)CC2C)c1O. The highest BCUT2D eigenvalue weighted by atomic mass is 32.1. The zero-order valence-corrected chi connectivity index (χ0v) is 22.3. The summed E-state index contributed by atoms with van der Waals surface area (Å²) in [7, 11) is 0. The van der Waals surface area contributed by atoms with E-state index in [9.17, 15) is 19.8 Å². The molecule has 1 saturated heterocycles. The number of anilines is 1. The van der Waals surface area contributed by atoms with Crippen molar-refractivity contribution in [1.82, 2.24) is 14.3 Å². The minimum atomic E-state index is -0.988. The molecule has 2 N–H and O–H groups in total. The first-order chi connectivity index (χ1) is 18.8. The molecule has 200 valence electrons. The zero-order chi connectivity index (χ0) is 27.5. The van der Waals surface area contributed by atoms with Crippen LogP contribution in [0.1, 0.15) is 52.1 Å². The molecule has 1 aliphatic heterocycles. The van der Waals surface area contributed by atoms with E-state index in [0.717, 1.165) is 5.75 Å². The maximum Gasteiger partial charge on any atom is 0.257 e. The van der Waals surface area contributed by atoms with Gasteiger partial charge in [0.1, 0.15) is 23.4 Å². The fourth-order valence-electron chi connectivity index (χ4n) is 4.55. The number of phenolic OH excluding ortho intramolecular Hbond substituents is 1. The molecule has 0 saturated carbocycles. The van der Waals surface area contributed by atoms with E-state index < -0.39 is 6.10 Å². The fraction of sp³-hybridized carbons (Fsp3) is 0.241. The van der Waals surface area contributed by atoms with Crippen molar-refractivity contribution in [2.24, 2.45) is 0 Å². The summed E-state index contributed by atoms with van der Waals surface area (Å²) in [5.41, 5.74) is 0.895. The van der Waals surface area contributed by atoms with Crippen molar-refractivity contribution in [3.05, 3.63) is 95.3 Å². The Labute approximate surface area is 230 Å². The number of Topliss-reactive ketones (excluding diaryl/α,β-unsaturated/α-hetero) is 1. The highest BCUT2D eigenvalue weighted by Gasteiger charge is 2.32. The van der Waals surface area contributed by atoms with Crippen LogP contribution in [0.4, 0.5) is 5.13 Å². The number of hydrogen-bond acceptors (Lipinski definition) is 9. The Hall–Kier alpha value is -4.28. The monoisotopic (exact) mass is 544 g/mol. The van der Waals surface area contributed by atoms with Crippen LogP contribution in [-0.4, -0.2) is 61.8 Å². The van der Waals surface area contributed by atoms with Gasteiger partial charge in [-0.2, -0.15) is 4.37 Å². The van der Waals surface area contributed by atoms with Crippen LogP contribution in [0.3, 0.4) is 0 Å². The quantitative estimate of drug-likeness (QED) is 0.323. The number of benzene rings is 3. The van der Waals surface area contributed by atoms with E-state index in [1.165, 1.54) is 30.6 Å². The molecule has 0 bridgehead atoms. The van der Waals surface area contributed by atoms with Crippen molar-refractivity contribution in [2.45, 2.75) is 26.0 Å². The van der Waals surface area contributed by atoms with Crippen molar-refractivity contribution >= 4 is 28.4 Å². The number of nitrogens with zero attached hydrogens (tertiary/aromatic N) is 4. The van der Waals surface area contributed by atoms with E-state index in [1.54, 1.807) is 35.2 Å². The van der Waals surface area contributed by atoms with Crippen LogP contribution in [0.25, 0.3) is 0 Å². The van der Waals surface area contributed by atoms with Crippen LogP contribution in [0.15, 0.2) is 72.8 Å². The minimum absolute atomic E-state index is 0.115. The Morgan fingerprint density at radius 2 is 1.67 bits per heavy atom. The van der Waals surface area contributed by atoms with Gasteiger partial charge in [-0.1, -0.05) is 36.4 Å². The second-order valence-electron chi connectivity index (χ2n) is 9.37. The summed E-state index contributed by atoms with van der Waals surface area (Å²) >= 11 is 1.20. The molecule has 3 aromatic carbocycles. The Morgan fingerprint density at radius 1 is 0.974 bits per heavy atom. The molecule has 10 heteroatoms. The first-order valence-corrected chi connectivity index (χ1v) is 13.3. The topological polar surface area (TPSA) is 116 Å². The van der Waals surface area contributed by atoms with E-state index in [1.807, 2.05) is 42.2 Å². The highest BCUT2D eigenvalue weighted by Crippen LogP contribution is 2.30. The third kappa shape index (κ3) is 5.62. The van der Waals surface area contributed by atoms with Crippen molar-refractivity contribution in [2.75, 3.05) is 24.5 Å². The predicted molar refractivity (Wildman–Crippen MR) is 148 cm³/mol. The highest BCUT2D eigenvalue weighted by molar-refractivity contribution is 7.09. The van der Waals surface area contributed by atoms with Gasteiger partial charge in [0.2, 0.25) is 5.13 Å². The van der Waals surface area contributed by atoms with Gasteiger partial charge in [0.05, 0.1) is 11.1 Å². The molecule has 0 spiro atoms. The van der Waals surface area contributed by atoms with Crippen molar-refractivity contribution in [3.8, 4) is 17.2 Å². The van der Waals surface area contributed by atoms with Gasteiger partial charge in [0, 0.05) is 37.2 Å². The number of para-hydroxylation sites is 2. The first kappa shape index (κ1) is 26.3. The number of ketones is 1. The average molecular weight is 545 g/mol. The lowest BCUT2D eigenvalue weighted by molar-refractivity contribution is 0.0671. The van der Waals surface area contributed by atoms with Gasteiger partial charge in [0.25, 0.3) is 5.91 Å². The summed E-state index contributed by atoms with van der Waals surface area (Å²) in [5.74, 6) is 0.790.